The van der Waals surface area contributed by atoms with Gasteiger partial charge < -0.3 is 59.1 Å². The van der Waals surface area contributed by atoms with Gasteiger partial charge in [-0.2, -0.15) is 0 Å². The highest BCUT2D eigenvalue weighted by Gasteiger charge is 2.58. The first kappa shape index (κ1) is 42.3. The first-order valence-corrected chi connectivity index (χ1v) is 21.2. The molecule has 5 aromatic carbocycles. The van der Waals surface area contributed by atoms with Crippen LogP contribution >= 0.6 is 0 Å². The number of carbonyl (C=O) groups is 2. The largest absolute Gasteiger partial charge is 0.508 e. The smallest absolute Gasteiger partial charge is 0.254 e. The first-order chi connectivity index (χ1) is 30.6. The van der Waals surface area contributed by atoms with Gasteiger partial charge in [0.1, 0.15) is 41.3 Å². The predicted molar refractivity (Wildman–Crippen MR) is 231 cm³/mol. The van der Waals surface area contributed by atoms with Gasteiger partial charge >= 0.3 is 0 Å². The molecule has 0 spiro atoms. The quantitative estimate of drug-likeness (QED) is 0.0638. The third-order valence-electron chi connectivity index (χ3n) is 12.7. The summed E-state index contributed by atoms with van der Waals surface area (Å²) in [5, 5.41) is 59.2. The van der Waals surface area contributed by atoms with Crippen LogP contribution in [0.5, 0.6) is 23.0 Å². The monoisotopic (exact) mass is 858 g/mol. The molecule has 1 saturated carbocycles. The number of phenolic OH excluding ortho intramolecular Hbond substituents is 2. The number of aromatic amines is 1. The molecule has 1 saturated heterocycles. The second-order valence-electron chi connectivity index (χ2n) is 16.7. The minimum Gasteiger partial charge on any atom is -0.508 e. The zero-order valence-electron chi connectivity index (χ0n) is 34.7. The Morgan fingerprint density at radius 2 is 1.76 bits per heavy atom. The van der Waals surface area contributed by atoms with E-state index in [1.54, 1.807) is 30.3 Å². The van der Waals surface area contributed by atoms with Crippen molar-refractivity contribution in [1.82, 2.24) is 9.88 Å². The highest BCUT2D eigenvalue weighted by molar-refractivity contribution is 6.11. The summed E-state index contributed by atoms with van der Waals surface area (Å²) >= 11 is 0. The van der Waals surface area contributed by atoms with E-state index < -0.39 is 42.6 Å². The number of carbonyl (C=O) groups excluding carboxylic acids is 2. The summed E-state index contributed by atoms with van der Waals surface area (Å²) in [6.07, 6.45) is -0.681. The fourth-order valence-corrected chi connectivity index (χ4v) is 9.38. The van der Waals surface area contributed by atoms with Gasteiger partial charge in [0.15, 0.2) is 11.4 Å². The van der Waals surface area contributed by atoms with Crippen molar-refractivity contribution >= 4 is 33.4 Å². The lowest BCUT2D eigenvalue weighted by molar-refractivity contribution is -0.337. The van der Waals surface area contributed by atoms with Crippen LogP contribution in [0.4, 0.5) is 0 Å². The van der Waals surface area contributed by atoms with Crippen LogP contribution in [-0.4, -0.2) is 104 Å². The molecule has 5 atom stereocenters. The molecule has 6 N–H and O–H groups in total. The number of hydrogen-bond acceptors (Lipinski definition) is 12. The van der Waals surface area contributed by atoms with E-state index in [9.17, 15) is 35.1 Å². The summed E-state index contributed by atoms with van der Waals surface area (Å²) in [4.78, 5) is 32.6. The Balaban J connectivity index is 1.08. The number of benzene rings is 5. The van der Waals surface area contributed by atoms with Crippen LogP contribution in [0.15, 0.2) is 97.2 Å². The van der Waals surface area contributed by atoms with E-state index in [2.05, 4.69) is 4.98 Å². The van der Waals surface area contributed by atoms with Gasteiger partial charge in [-0.3, -0.25) is 9.59 Å². The molecule has 14 nitrogen and oxygen atoms in total. The minimum absolute atomic E-state index is 0.0124. The number of H-pyrrole nitrogens is 1. The molecular formula is C49H50N2O12. The molecule has 63 heavy (non-hydrogen) atoms. The first-order valence-electron chi connectivity index (χ1n) is 21.2. The summed E-state index contributed by atoms with van der Waals surface area (Å²) < 4.78 is 30.9. The van der Waals surface area contributed by atoms with Crippen LogP contribution in [0.1, 0.15) is 74.6 Å². The number of methoxy groups -OCH3 is 1. The number of rotatable bonds is 15. The average molecular weight is 859 g/mol. The van der Waals surface area contributed by atoms with Gasteiger partial charge in [0.05, 0.1) is 51.0 Å². The fourth-order valence-electron chi connectivity index (χ4n) is 9.38. The Morgan fingerprint density at radius 3 is 2.54 bits per heavy atom. The number of aromatic nitrogens is 1. The molecule has 3 aliphatic rings. The van der Waals surface area contributed by atoms with Crippen molar-refractivity contribution in [1.29, 1.82) is 0 Å². The number of nitrogens with zero attached hydrogens (tertiary/aromatic N) is 1. The highest BCUT2D eigenvalue weighted by atomic mass is 16.7. The van der Waals surface area contributed by atoms with E-state index in [0.717, 1.165) is 47.7 Å². The number of para-hydroxylation sites is 1. The topological polar surface area (TPSA) is 200 Å². The Bertz CT molecular complexity index is 2660. The molecule has 0 radical (unpaired) electrons. The number of ether oxygens (including phenoxy) is 5. The fraction of sp³-hybridized carbons (Fsp3) is 0.347. The third-order valence-corrected chi connectivity index (χ3v) is 12.7. The molecule has 1 aromatic heterocycles. The van der Waals surface area contributed by atoms with Crippen molar-refractivity contribution in [3.05, 3.63) is 131 Å². The van der Waals surface area contributed by atoms with E-state index in [1.807, 2.05) is 48.7 Å². The minimum atomic E-state index is -2.43. The normalized spacial score (nSPS) is 22.5. The summed E-state index contributed by atoms with van der Waals surface area (Å²) in [5.74, 6) is -0.864. The summed E-state index contributed by atoms with van der Waals surface area (Å²) in [6.45, 7) is -1.25. The van der Waals surface area contributed by atoms with Gasteiger partial charge in [-0.25, -0.2) is 0 Å². The number of hydrogen-bond donors (Lipinski definition) is 6. The van der Waals surface area contributed by atoms with Gasteiger partial charge in [0.25, 0.3) is 5.91 Å². The number of amides is 1. The van der Waals surface area contributed by atoms with Gasteiger partial charge in [0, 0.05) is 40.8 Å². The molecule has 6 aromatic rings. The molecule has 2 aliphatic heterocycles. The number of aromatic hydroxyl groups is 2. The van der Waals surface area contributed by atoms with Crippen LogP contribution < -0.4 is 9.47 Å². The highest BCUT2D eigenvalue weighted by Crippen LogP contribution is 2.47. The molecule has 1 aliphatic carbocycles. The number of aliphatic hydroxyl groups excluding tert-OH is 2. The summed E-state index contributed by atoms with van der Waals surface area (Å²) in [5.41, 5.74) is 1.97. The summed E-state index contributed by atoms with van der Waals surface area (Å²) in [7, 11) is 1.47. The van der Waals surface area contributed by atoms with Crippen LogP contribution in [0.25, 0.3) is 21.7 Å². The maximum atomic E-state index is 14.5. The zero-order chi connectivity index (χ0) is 43.8. The second-order valence-corrected chi connectivity index (χ2v) is 16.7. The lowest BCUT2D eigenvalue weighted by Gasteiger charge is -2.48. The van der Waals surface area contributed by atoms with Crippen molar-refractivity contribution in [3.63, 3.8) is 0 Å². The van der Waals surface area contributed by atoms with Gasteiger partial charge in [-0.05, 0) is 77.2 Å². The Morgan fingerprint density at radius 1 is 0.968 bits per heavy atom. The number of aliphatic hydroxyl groups is 3. The maximum absolute atomic E-state index is 14.5. The molecule has 14 heteroatoms. The van der Waals surface area contributed by atoms with Crippen molar-refractivity contribution in [2.45, 2.75) is 81.6 Å². The van der Waals surface area contributed by atoms with Gasteiger partial charge in [-0.15, -0.1) is 0 Å². The van der Waals surface area contributed by atoms with Crippen LogP contribution in [0, 0.1) is 0 Å². The van der Waals surface area contributed by atoms with Crippen molar-refractivity contribution in [2.24, 2.45) is 0 Å². The number of ketones is 1. The number of fused-ring (bicyclic) bond motifs is 3. The molecule has 328 valence electrons. The Hall–Kier alpha value is -6.00. The van der Waals surface area contributed by atoms with E-state index in [-0.39, 0.29) is 72.9 Å². The summed E-state index contributed by atoms with van der Waals surface area (Å²) in [6, 6.07) is 26.3. The zero-order valence-corrected chi connectivity index (χ0v) is 34.7. The molecule has 9 rings (SSSR count). The molecule has 0 bridgehead atoms. The number of Topliss-reactive ketones (excluding diaryl/α,β-unsaturated/α-hetero) is 1. The molecular weight excluding hydrogens is 809 g/mol. The van der Waals surface area contributed by atoms with Crippen LogP contribution in [0.3, 0.4) is 0 Å². The molecule has 3 heterocycles. The van der Waals surface area contributed by atoms with Gasteiger partial charge in [0.2, 0.25) is 6.29 Å². The molecule has 0 unspecified atom stereocenters. The van der Waals surface area contributed by atoms with Crippen LogP contribution in [0.2, 0.25) is 0 Å². The molecule has 2 fully saturated rings. The van der Waals surface area contributed by atoms with Crippen molar-refractivity contribution in [2.75, 3.05) is 26.9 Å². The van der Waals surface area contributed by atoms with Crippen molar-refractivity contribution in [3.8, 4) is 23.0 Å². The molecule has 1 amide bonds. The Labute approximate surface area is 363 Å². The third kappa shape index (κ3) is 8.10. The van der Waals surface area contributed by atoms with Crippen molar-refractivity contribution < 1.29 is 58.8 Å². The maximum Gasteiger partial charge on any atom is 0.254 e. The SMILES string of the molecule is COc1cc(O[C@H]2O[C@H](COCc3c[nH]c4ccccc34)[C@@H](O)[C@H](OCc3cccc(O)c3)[C@]2(O)CO)c2c(O)c(C(=O)CN3Cc4ccccc4C3=O)c(C3CCCC3)cc2c1. The lowest BCUT2D eigenvalue weighted by atomic mass is 9.86. The Kier molecular flexibility index (Phi) is 11.8. The second kappa shape index (κ2) is 17.6. The van der Waals surface area contributed by atoms with E-state index in [1.165, 1.54) is 30.2 Å². The van der Waals surface area contributed by atoms with Crippen LogP contribution in [-0.2, 0) is 34.0 Å². The van der Waals surface area contributed by atoms with E-state index in [0.29, 0.717) is 27.8 Å². The van der Waals surface area contributed by atoms with E-state index in [4.69, 9.17) is 23.7 Å². The predicted octanol–water partition coefficient (Wildman–Crippen LogP) is 6.23. The average Bonchev–Trinajstić information content (AvgIpc) is 4.05. The van der Waals surface area contributed by atoms with Gasteiger partial charge in [-0.1, -0.05) is 61.4 Å². The number of nitrogens with one attached hydrogen (secondary N) is 1. The lowest BCUT2D eigenvalue weighted by Crippen LogP contribution is -2.70. The van der Waals surface area contributed by atoms with E-state index >= 15 is 0 Å². The number of phenols is 2. The standard InChI is InChI=1S/C49H50N2O12/c1-59-34-18-31-19-37(29-10-2-3-11-29)43(39(54)23-51-22-30-12-4-5-15-36(30)47(51)57)45(56)42(31)40(20-34)62-48-49(58,27-52)46(61-24-28-9-8-13-33(53)17-28)44(55)41(63-48)26-60-25-32-21-50-38-16-7-6-14-35(32)38/h4-9,12-21,29,41,44,46,48,50,52-53,55-56,58H,2-3,10-11,22-27H2,1H3/t41-,44-,46+,48+,49-/m1/s1.